The van der Waals surface area contributed by atoms with E-state index in [9.17, 15) is 52.0 Å². The van der Waals surface area contributed by atoms with E-state index >= 15 is 0 Å². The summed E-state index contributed by atoms with van der Waals surface area (Å²) in [5.74, 6) is -5.10. The molecule has 0 saturated heterocycles. The molecule has 20 nitrogen and oxygen atoms in total. The van der Waals surface area contributed by atoms with Crippen LogP contribution in [0.2, 0.25) is 0 Å². The molecule has 1 aliphatic rings. The second kappa shape index (κ2) is 16.7. The molecule has 0 aromatic heterocycles. The van der Waals surface area contributed by atoms with Crippen molar-refractivity contribution in [3.63, 3.8) is 0 Å². The van der Waals surface area contributed by atoms with Gasteiger partial charge in [-0.3, -0.25) is 18.9 Å². The van der Waals surface area contributed by atoms with Gasteiger partial charge in [-0.05, 0) is 80.6 Å². The average molecular weight is 784 g/mol. The molecule has 0 spiro atoms. The average Bonchev–Trinajstić information content (AvgIpc) is 3.43. The molecule has 6 N–H and O–H groups in total. The molecule has 2 atom stereocenters. The zero-order chi connectivity index (χ0) is 40.7. The fourth-order valence-electron chi connectivity index (χ4n) is 4.98. The second-order valence-corrected chi connectivity index (χ2v) is 13.1. The van der Waals surface area contributed by atoms with Gasteiger partial charge >= 0.3 is 18.0 Å². The lowest BCUT2D eigenvalue weighted by atomic mass is 10.1. The quantitative estimate of drug-likeness (QED) is 0.0556. The first-order chi connectivity index (χ1) is 26.5. The maximum absolute atomic E-state index is 13.1. The molecule has 5 rings (SSSR count). The maximum Gasteiger partial charge on any atom is 0.338 e. The largest absolute Gasteiger partial charge is 0.478 e. The topological polar surface area (TPSA) is 298 Å². The summed E-state index contributed by atoms with van der Waals surface area (Å²) in [5, 5.41) is 47.4. The lowest BCUT2D eigenvalue weighted by Gasteiger charge is -2.13. The van der Waals surface area contributed by atoms with Gasteiger partial charge in [-0.2, -0.15) is 39.0 Å². The number of aromatic carboxylic acids is 2. The highest BCUT2D eigenvalue weighted by Gasteiger charge is 2.35. The predicted octanol–water partition coefficient (Wildman–Crippen LogP) is 5.53. The van der Waals surface area contributed by atoms with Crippen molar-refractivity contribution in [2.24, 2.45) is 25.6 Å². The number of benzene rings is 4. The van der Waals surface area contributed by atoms with E-state index in [1.807, 2.05) is 0 Å². The van der Waals surface area contributed by atoms with Crippen molar-refractivity contribution in [2.45, 2.75) is 30.8 Å². The Balaban J connectivity index is 1.27. The van der Waals surface area contributed by atoms with Gasteiger partial charge in [0.2, 0.25) is 6.04 Å². The number of para-hydroxylation sites is 1. The van der Waals surface area contributed by atoms with E-state index in [-0.39, 0.29) is 34.1 Å². The fourth-order valence-corrected chi connectivity index (χ4v) is 5.50. The number of nitrogens with one attached hydrogen (secondary N) is 3. The van der Waals surface area contributed by atoms with Gasteiger partial charge < -0.3 is 26.2 Å². The summed E-state index contributed by atoms with van der Waals surface area (Å²) >= 11 is 0. The number of anilines is 4. The van der Waals surface area contributed by atoms with Crippen LogP contribution in [0.5, 0.6) is 0 Å². The zero-order valence-electron chi connectivity index (χ0n) is 29.0. The van der Waals surface area contributed by atoms with Crippen LogP contribution in [-0.2, 0) is 24.5 Å². The smallest absolute Gasteiger partial charge is 0.338 e. The Kier molecular flexibility index (Phi) is 11.8. The number of rotatable bonds is 13. The number of carboxylic acids is 2. The van der Waals surface area contributed by atoms with Crippen molar-refractivity contribution < 1.29 is 52.0 Å². The molecule has 56 heavy (non-hydrogen) atoms. The lowest BCUT2D eigenvalue weighted by molar-refractivity contribution is -0.126. The molecule has 0 bridgehead atoms. The number of amides is 4. The normalized spacial score (nSPS) is 14.7. The van der Waals surface area contributed by atoms with Crippen molar-refractivity contribution in [3.05, 3.63) is 102 Å². The number of hydrazone groups is 1. The Morgan fingerprint density at radius 2 is 1.36 bits per heavy atom. The summed E-state index contributed by atoms with van der Waals surface area (Å²) in [6.07, 6.45) is 0. The van der Waals surface area contributed by atoms with Crippen molar-refractivity contribution in [1.82, 2.24) is 0 Å². The molecule has 4 amide bonds. The molecule has 1 aliphatic heterocycles. The highest BCUT2D eigenvalue weighted by atomic mass is 32.2. The Bertz CT molecular complexity index is 2470. The molecule has 1 heterocycles. The van der Waals surface area contributed by atoms with Gasteiger partial charge in [-0.25, -0.2) is 14.4 Å². The molecular weight excluding hydrogens is 755 g/mol. The number of carbonyl (C=O) groups is 6. The molecule has 21 heteroatoms. The molecule has 0 fully saturated rings. The van der Waals surface area contributed by atoms with Crippen molar-refractivity contribution in [3.8, 4) is 0 Å². The maximum atomic E-state index is 13.1. The molecule has 4 aromatic rings. The predicted molar refractivity (Wildman–Crippen MR) is 199 cm³/mol. The molecule has 0 radical (unpaired) electrons. The van der Waals surface area contributed by atoms with Crippen LogP contribution in [0.4, 0.5) is 38.9 Å². The minimum atomic E-state index is -4.57. The molecule has 4 aromatic carbocycles. The number of hydrogen-bond donors (Lipinski definition) is 6. The summed E-state index contributed by atoms with van der Waals surface area (Å²) in [6, 6.07) is 16.4. The first-order valence-electron chi connectivity index (χ1n) is 16.0. The minimum absolute atomic E-state index is 0.0196. The number of ketones is 1. The SMILES string of the molecule is CC(=O)C(N=Nc1ccc(NC(=O)Nc2ccc(N=NC3C(=O)N(c4cccc(S(=O)(=O)O)c4)N=C3C)c(C(=O)O)c2)cc1C(=O)O)C(=O)Nc1ccccc1. The summed E-state index contributed by atoms with van der Waals surface area (Å²) in [6.45, 7) is 2.58. The number of hydrogen-bond acceptors (Lipinski definition) is 13. The highest BCUT2D eigenvalue weighted by molar-refractivity contribution is 7.85. The third-order valence-corrected chi connectivity index (χ3v) is 8.51. The Morgan fingerprint density at radius 3 is 1.91 bits per heavy atom. The zero-order valence-corrected chi connectivity index (χ0v) is 29.8. The van der Waals surface area contributed by atoms with Crippen LogP contribution in [0.1, 0.15) is 34.6 Å². The highest BCUT2D eigenvalue weighted by Crippen LogP contribution is 2.29. The Labute approximate surface area is 316 Å². The minimum Gasteiger partial charge on any atom is -0.478 e. The summed E-state index contributed by atoms with van der Waals surface area (Å²) < 4.78 is 32.4. The standard InChI is InChI=1S/C35H29N9O11S/c1-18-29(32(47)44(43-18)23-9-6-10-24(17-23)56(53,54)55)41-39-27-13-11-21(15-25(27)33(48)49)37-35(52)38-22-12-14-28(26(16-22)34(50)51)40-42-30(19(2)45)31(46)36-20-7-4-3-5-8-20/h3-17,29-30H,1-2H3,(H,36,46)(H,48,49)(H,50,51)(H2,37,38,52)(H,53,54,55). The molecule has 0 aliphatic carbocycles. The van der Waals surface area contributed by atoms with E-state index in [1.54, 1.807) is 30.3 Å². The lowest BCUT2D eigenvalue weighted by Crippen LogP contribution is -2.31. The third kappa shape index (κ3) is 9.52. The van der Waals surface area contributed by atoms with E-state index in [1.165, 1.54) is 43.3 Å². The van der Waals surface area contributed by atoms with Gasteiger partial charge in [-0.15, -0.1) is 0 Å². The monoisotopic (exact) mass is 783 g/mol. The fraction of sp³-hybridized carbons (Fsp3) is 0.114. The van der Waals surface area contributed by atoms with Crippen molar-refractivity contribution >= 4 is 85.5 Å². The number of azo groups is 2. The van der Waals surface area contributed by atoms with Crippen LogP contribution in [0.25, 0.3) is 0 Å². The van der Waals surface area contributed by atoms with Crippen LogP contribution in [0.15, 0.2) is 121 Å². The van der Waals surface area contributed by atoms with Gasteiger partial charge in [0.25, 0.3) is 21.9 Å². The van der Waals surface area contributed by atoms with Gasteiger partial charge in [0.1, 0.15) is 0 Å². The Hall–Kier alpha value is -7.52. The summed E-state index contributed by atoms with van der Waals surface area (Å²) in [7, 11) is -4.57. The summed E-state index contributed by atoms with van der Waals surface area (Å²) in [5.41, 5.74) is -0.750. The van der Waals surface area contributed by atoms with Crippen molar-refractivity contribution in [2.75, 3.05) is 21.0 Å². The van der Waals surface area contributed by atoms with E-state index in [0.717, 1.165) is 36.2 Å². The number of carbonyl (C=O) groups excluding carboxylic acids is 4. The third-order valence-electron chi connectivity index (χ3n) is 7.66. The number of Topliss-reactive ketones (excluding diaryl/α,β-unsaturated/α-hetero) is 1. The number of carboxylic acid groups (broad SMARTS) is 2. The van der Waals surface area contributed by atoms with Crippen LogP contribution in [-0.4, -0.2) is 76.5 Å². The van der Waals surface area contributed by atoms with E-state index in [0.29, 0.717) is 5.69 Å². The second-order valence-electron chi connectivity index (χ2n) is 11.7. The van der Waals surface area contributed by atoms with Gasteiger partial charge in [0, 0.05) is 17.1 Å². The van der Waals surface area contributed by atoms with Gasteiger partial charge in [0.15, 0.2) is 11.8 Å². The van der Waals surface area contributed by atoms with Crippen LogP contribution < -0.4 is 21.0 Å². The van der Waals surface area contributed by atoms with Crippen molar-refractivity contribution in [1.29, 1.82) is 0 Å². The van der Waals surface area contributed by atoms with Crippen LogP contribution in [0.3, 0.4) is 0 Å². The van der Waals surface area contributed by atoms with Gasteiger partial charge in [0.05, 0.1) is 38.8 Å². The number of nitrogens with zero attached hydrogens (tertiary/aromatic N) is 6. The summed E-state index contributed by atoms with van der Waals surface area (Å²) in [4.78, 5) is 74.4. The van der Waals surface area contributed by atoms with Crippen LogP contribution in [0, 0.1) is 0 Å². The van der Waals surface area contributed by atoms with Gasteiger partial charge in [-0.1, -0.05) is 24.3 Å². The molecule has 2 unspecified atom stereocenters. The first kappa shape index (κ1) is 39.7. The Morgan fingerprint density at radius 1 is 0.768 bits per heavy atom. The first-order valence-corrected chi connectivity index (χ1v) is 17.4. The van der Waals surface area contributed by atoms with E-state index in [2.05, 4.69) is 41.5 Å². The molecule has 286 valence electrons. The van der Waals surface area contributed by atoms with Crippen LogP contribution >= 0.6 is 0 Å². The van der Waals surface area contributed by atoms with E-state index in [4.69, 9.17) is 0 Å². The van der Waals surface area contributed by atoms with E-state index < -0.39 is 73.8 Å². The molecule has 0 saturated carbocycles. The number of urea groups is 1. The molecular formula is C35H29N9O11S.